The summed E-state index contributed by atoms with van der Waals surface area (Å²) in [5.74, 6) is 0. The molecule has 0 radical (unpaired) electrons. The van der Waals surface area contributed by atoms with Crippen LogP contribution in [0.25, 0.3) is 20.9 Å². The van der Waals surface area contributed by atoms with Crippen LogP contribution in [0.3, 0.4) is 0 Å². The summed E-state index contributed by atoms with van der Waals surface area (Å²) in [6.45, 7) is 0.783. The second kappa shape index (κ2) is 6.01. The van der Waals surface area contributed by atoms with E-state index in [2.05, 4.69) is 42.5 Å². The predicted octanol–water partition coefficient (Wildman–Crippen LogP) is 4.85. The first-order chi connectivity index (χ1) is 11.3. The van der Waals surface area contributed by atoms with E-state index in [4.69, 9.17) is 0 Å². The van der Waals surface area contributed by atoms with E-state index in [0.717, 1.165) is 29.5 Å². The molecule has 3 aromatic carbocycles. The van der Waals surface area contributed by atoms with Gasteiger partial charge in [-0.2, -0.15) is 0 Å². The zero-order valence-electron chi connectivity index (χ0n) is 12.7. The van der Waals surface area contributed by atoms with Crippen molar-refractivity contribution < 1.29 is 0 Å². The van der Waals surface area contributed by atoms with E-state index in [1.807, 2.05) is 28.2 Å². The number of rotatable bonds is 4. The quantitative estimate of drug-likeness (QED) is 0.527. The van der Waals surface area contributed by atoms with Crippen LogP contribution < -0.4 is 5.56 Å². The zero-order valence-corrected chi connectivity index (χ0v) is 13.6. The zero-order chi connectivity index (χ0) is 15.6. The number of fused-ring (bicyclic) bond motifs is 2. The van der Waals surface area contributed by atoms with E-state index in [9.17, 15) is 4.79 Å². The van der Waals surface area contributed by atoms with Gasteiger partial charge in [0.15, 0.2) is 0 Å². The molecular formula is C20H17NOS. The lowest BCUT2D eigenvalue weighted by Gasteiger charge is -2.04. The molecule has 3 heteroatoms. The van der Waals surface area contributed by atoms with Crippen LogP contribution >= 0.6 is 11.5 Å². The Bertz CT molecular complexity index is 1030. The highest BCUT2D eigenvalue weighted by molar-refractivity contribution is 7.13. The maximum Gasteiger partial charge on any atom is 0.268 e. The van der Waals surface area contributed by atoms with Crippen molar-refractivity contribution >= 4 is 32.4 Å². The Morgan fingerprint density at radius 2 is 1.65 bits per heavy atom. The molecule has 1 heterocycles. The molecule has 114 valence electrons. The van der Waals surface area contributed by atoms with Gasteiger partial charge in [-0.25, -0.2) is 0 Å². The Balaban J connectivity index is 1.49. The summed E-state index contributed by atoms with van der Waals surface area (Å²) in [6, 6.07) is 22.9. The molecule has 0 unspecified atom stereocenters. The molecule has 0 saturated carbocycles. The van der Waals surface area contributed by atoms with Crippen LogP contribution in [0.4, 0.5) is 0 Å². The van der Waals surface area contributed by atoms with Gasteiger partial charge >= 0.3 is 0 Å². The van der Waals surface area contributed by atoms with E-state index in [0.29, 0.717) is 0 Å². The molecule has 0 atom stereocenters. The molecule has 4 rings (SSSR count). The largest absolute Gasteiger partial charge is 0.268 e. The topological polar surface area (TPSA) is 22.0 Å². The fraction of sp³-hybridized carbons (Fsp3) is 0.150. The van der Waals surface area contributed by atoms with Crippen LogP contribution in [0.2, 0.25) is 0 Å². The molecule has 0 saturated heterocycles. The maximum absolute atomic E-state index is 12.3. The lowest BCUT2D eigenvalue weighted by atomic mass is 10.0. The maximum atomic E-state index is 12.3. The SMILES string of the molecule is O=c1c2ccccc2sn1CCCc1ccc2ccccc2c1. The summed E-state index contributed by atoms with van der Waals surface area (Å²) in [6.07, 6.45) is 1.97. The summed E-state index contributed by atoms with van der Waals surface area (Å²) in [4.78, 5) is 12.3. The third-order valence-corrected chi connectivity index (χ3v) is 5.31. The fourth-order valence-corrected chi connectivity index (χ4v) is 4.02. The minimum atomic E-state index is 0.143. The van der Waals surface area contributed by atoms with Crippen molar-refractivity contribution in [3.63, 3.8) is 0 Å². The van der Waals surface area contributed by atoms with Crippen molar-refractivity contribution in [3.8, 4) is 0 Å². The minimum Gasteiger partial charge on any atom is -0.268 e. The molecule has 0 aliphatic carbocycles. The number of hydrogen-bond donors (Lipinski definition) is 0. The Hall–Kier alpha value is -2.39. The molecule has 4 aromatic rings. The lowest BCUT2D eigenvalue weighted by Crippen LogP contribution is -2.13. The van der Waals surface area contributed by atoms with Crippen molar-refractivity contribution in [2.45, 2.75) is 19.4 Å². The minimum absolute atomic E-state index is 0.143. The van der Waals surface area contributed by atoms with Gasteiger partial charge < -0.3 is 0 Å². The van der Waals surface area contributed by atoms with Crippen LogP contribution in [0, 0.1) is 0 Å². The number of aromatic nitrogens is 1. The van der Waals surface area contributed by atoms with Crippen LogP contribution in [-0.2, 0) is 13.0 Å². The molecular weight excluding hydrogens is 302 g/mol. The number of benzene rings is 3. The first-order valence-corrected chi connectivity index (χ1v) is 8.65. The Labute approximate surface area is 138 Å². The molecule has 0 spiro atoms. The predicted molar refractivity (Wildman–Crippen MR) is 98.4 cm³/mol. The van der Waals surface area contributed by atoms with E-state index in [-0.39, 0.29) is 5.56 Å². The molecule has 0 fully saturated rings. The van der Waals surface area contributed by atoms with Gasteiger partial charge in [0.1, 0.15) is 0 Å². The van der Waals surface area contributed by atoms with Crippen molar-refractivity contribution in [2.24, 2.45) is 0 Å². The molecule has 0 bridgehead atoms. The Morgan fingerprint density at radius 3 is 2.52 bits per heavy atom. The molecule has 1 aromatic heterocycles. The average Bonchev–Trinajstić information content (AvgIpc) is 2.91. The first kappa shape index (κ1) is 14.2. The Kier molecular flexibility index (Phi) is 3.72. The van der Waals surface area contributed by atoms with Crippen molar-refractivity contribution in [3.05, 3.63) is 82.6 Å². The van der Waals surface area contributed by atoms with Gasteiger partial charge in [0, 0.05) is 6.54 Å². The van der Waals surface area contributed by atoms with Gasteiger partial charge in [-0.1, -0.05) is 66.1 Å². The second-order valence-corrected chi connectivity index (χ2v) is 6.84. The van der Waals surface area contributed by atoms with Gasteiger partial charge in [-0.15, -0.1) is 0 Å². The normalized spacial score (nSPS) is 11.3. The average molecular weight is 319 g/mol. The number of hydrogen-bond acceptors (Lipinski definition) is 2. The van der Waals surface area contributed by atoms with Gasteiger partial charge in [0.2, 0.25) is 0 Å². The smallest absolute Gasteiger partial charge is 0.268 e. The molecule has 2 nitrogen and oxygen atoms in total. The molecule has 0 N–H and O–H groups in total. The summed E-state index contributed by atoms with van der Waals surface area (Å²) in [5, 5.41) is 3.39. The Morgan fingerprint density at radius 1 is 0.870 bits per heavy atom. The van der Waals surface area contributed by atoms with Gasteiger partial charge in [0.25, 0.3) is 5.56 Å². The van der Waals surface area contributed by atoms with Crippen molar-refractivity contribution in [1.82, 2.24) is 3.96 Å². The standard InChI is InChI=1S/C20H17NOS/c22-20-18-9-3-4-10-19(18)23-21(20)13-5-6-15-11-12-16-7-1-2-8-17(16)14-15/h1-4,7-12,14H,5-6,13H2. The van der Waals surface area contributed by atoms with Gasteiger partial charge in [-0.05, 0) is 41.3 Å². The highest BCUT2D eigenvalue weighted by Gasteiger charge is 2.06. The summed E-state index contributed by atoms with van der Waals surface area (Å²) in [7, 11) is 0. The van der Waals surface area contributed by atoms with Crippen LogP contribution in [0.5, 0.6) is 0 Å². The van der Waals surface area contributed by atoms with Gasteiger partial charge in [0.05, 0.1) is 10.1 Å². The van der Waals surface area contributed by atoms with Crippen LogP contribution in [0.1, 0.15) is 12.0 Å². The molecule has 0 aliphatic rings. The van der Waals surface area contributed by atoms with Gasteiger partial charge in [-0.3, -0.25) is 8.75 Å². The lowest BCUT2D eigenvalue weighted by molar-refractivity contribution is 0.673. The summed E-state index contributed by atoms with van der Waals surface area (Å²) >= 11 is 1.57. The van der Waals surface area contributed by atoms with E-state index in [1.165, 1.54) is 16.3 Å². The van der Waals surface area contributed by atoms with Crippen molar-refractivity contribution in [2.75, 3.05) is 0 Å². The highest BCUT2D eigenvalue weighted by Crippen LogP contribution is 2.18. The monoisotopic (exact) mass is 319 g/mol. The second-order valence-electron chi connectivity index (χ2n) is 5.78. The van der Waals surface area contributed by atoms with E-state index in [1.54, 1.807) is 11.5 Å². The van der Waals surface area contributed by atoms with E-state index >= 15 is 0 Å². The number of aryl methyl sites for hydroxylation is 2. The molecule has 0 aliphatic heterocycles. The summed E-state index contributed by atoms with van der Waals surface area (Å²) in [5.41, 5.74) is 1.47. The number of nitrogens with zero attached hydrogens (tertiary/aromatic N) is 1. The fourth-order valence-electron chi connectivity index (χ4n) is 2.99. The molecule has 23 heavy (non-hydrogen) atoms. The third-order valence-electron chi connectivity index (χ3n) is 4.19. The van der Waals surface area contributed by atoms with Crippen LogP contribution in [-0.4, -0.2) is 3.96 Å². The molecule has 0 amide bonds. The van der Waals surface area contributed by atoms with Crippen LogP contribution in [0.15, 0.2) is 71.5 Å². The highest BCUT2D eigenvalue weighted by atomic mass is 32.1. The van der Waals surface area contributed by atoms with Crippen molar-refractivity contribution in [1.29, 1.82) is 0 Å². The third kappa shape index (κ3) is 2.80. The summed E-state index contributed by atoms with van der Waals surface area (Å²) < 4.78 is 2.95. The van der Waals surface area contributed by atoms with E-state index < -0.39 is 0 Å². The first-order valence-electron chi connectivity index (χ1n) is 7.88.